The quantitative estimate of drug-likeness (QED) is 0.674. The van der Waals surface area contributed by atoms with Gasteiger partial charge < -0.3 is 15.5 Å². The van der Waals surface area contributed by atoms with E-state index < -0.39 is 6.10 Å². The maximum absolute atomic E-state index is 9.38. The monoisotopic (exact) mass is 355 g/mol. The van der Waals surface area contributed by atoms with E-state index in [4.69, 9.17) is 5.11 Å². The lowest BCUT2D eigenvalue weighted by Crippen LogP contribution is -2.45. The fraction of sp³-hybridized carbons (Fsp3) is 0.429. The zero-order chi connectivity index (χ0) is 18.2. The molecule has 2 aromatic carbocycles. The van der Waals surface area contributed by atoms with Gasteiger partial charge >= 0.3 is 0 Å². The van der Waals surface area contributed by atoms with Gasteiger partial charge in [-0.3, -0.25) is 9.80 Å². The zero-order valence-corrected chi connectivity index (χ0v) is 15.2. The average Bonchev–Trinajstić information content (AvgIpc) is 2.69. The molecule has 1 unspecified atom stereocenters. The summed E-state index contributed by atoms with van der Waals surface area (Å²) in [5.41, 5.74) is 3.65. The number of rotatable bonds is 8. The Kier molecular flexibility index (Phi) is 7.03. The van der Waals surface area contributed by atoms with Gasteiger partial charge in [-0.25, -0.2) is 0 Å². The fourth-order valence-electron chi connectivity index (χ4n) is 3.23. The number of anilines is 1. The molecule has 1 atom stereocenters. The van der Waals surface area contributed by atoms with Gasteiger partial charge in [-0.05, 0) is 23.3 Å². The summed E-state index contributed by atoms with van der Waals surface area (Å²) in [7, 11) is 0. The number of aliphatic hydroxyl groups is 2. The van der Waals surface area contributed by atoms with Crippen molar-refractivity contribution in [2.75, 3.05) is 44.6 Å². The molecule has 26 heavy (non-hydrogen) atoms. The van der Waals surface area contributed by atoms with E-state index in [9.17, 15) is 5.11 Å². The summed E-state index contributed by atoms with van der Waals surface area (Å²) in [6.45, 7) is 6.54. The molecule has 2 aromatic rings. The van der Waals surface area contributed by atoms with Crippen molar-refractivity contribution < 1.29 is 10.2 Å². The Bertz CT molecular complexity index is 640. The molecule has 5 heteroatoms. The minimum atomic E-state index is -0.721. The van der Waals surface area contributed by atoms with E-state index in [1.54, 1.807) is 0 Å². The van der Waals surface area contributed by atoms with Crippen LogP contribution in [-0.2, 0) is 13.1 Å². The number of hydrogen-bond acceptors (Lipinski definition) is 5. The smallest absolute Gasteiger partial charge is 0.0942 e. The number of benzene rings is 2. The molecular formula is C21H29N3O2. The lowest BCUT2D eigenvalue weighted by molar-refractivity contribution is 0.105. The maximum atomic E-state index is 9.38. The number of piperazine rings is 1. The third-order valence-electron chi connectivity index (χ3n) is 4.83. The molecule has 0 saturated carbocycles. The largest absolute Gasteiger partial charge is 0.394 e. The highest BCUT2D eigenvalue weighted by Crippen LogP contribution is 2.14. The Morgan fingerprint density at radius 3 is 1.88 bits per heavy atom. The van der Waals surface area contributed by atoms with Crippen molar-refractivity contribution in [2.24, 2.45) is 0 Å². The van der Waals surface area contributed by atoms with Gasteiger partial charge in [0.25, 0.3) is 0 Å². The van der Waals surface area contributed by atoms with Gasteiger partial charge in [-0.15, -0.1) is 0 Å². The predicted molar refractivity (Wildman–Crippen MR) is 105 cm³/mol. The van der Waals surface area contributed by atoms with E-state index in [1.807, 2.05) is 12.1 Å². The molecular weight excluding hydrogens is 326 g/mol. The minimum Gasteiger partial charge on any atom is -0.394 e. The lowest BCUT2D eigenvalue weighted by atomic mass is 10.1. The van der Waals surface area contributed by atoms with Crippen LogP contribution in [0.1, 0.15) is 11.1 Å². The van der Waals surface area contributed by atoms with Gasteiger partial charge in [0, 0.05) is 51.5 Å². The highest BCUT2D eigenvalue weighted by Gasteiger charge is 2.17. The van der Waals surface area contributed by atoms with Crippen LogP contribution in [0.5, 0.6) is 0 Å². The average molecular weight is 355 g/mol. The Labute approximate surface area is 155 Å². The Hall–Kier alpha value is -1.92. The lowest BCUT2D eigenvalue weighted by Gasteiger charge is -2.34. The molecule has 5 nitrogen and oxygen atoms in total. The van der Waals surface area contributed by atoms with Crippen LogP contribution >= 0.6 is 0 Å². The second-order valence-electron chi connectivity index (χ2n) is 6.95. The molecule has 3 N–H and O–H groups in total. The van der Waals surface area contributed by atoms with Crippen molar-refractivity contribution >= 4 is 5.69 Å². The van der Waals surface area contributed by atoms with E-state index in [2.05, 4.69) is 57.6 Å². The molecule has 1 aliphatic heterocycles. The molecule has 140 valence electrons. The molecule has 0 aromatic heterocycles. The molecule has 0 amide bonds. The van der Waals surface area contributed by atoms with E-state index in [0.717, 1.165) is 45.0 Å². The van der Waals surface area contributed by atoms with Crippen molar-refractivity contribution in [3.8, 4) is 0 Å². The maximum Gasteiger partial charge on any atom is 0.0942 e. The predicted octanol–water partition coefficient (Wildman–Crippen LogP) is 1.77. The first-order valence-corrected chi connectivity index (χ1v) is 9.33. The van der Waals surface area contributed by atoms with Gasteiger partial charge in [0.15, 0.2) is 0 Å². The van der Waals surface area contributed by atoms with Crippen LogP contribution in [0.3, 0.4) is 0 Å². The van der Waals surface area contributed by atoms with Crippen LogP contribution < -0.4 is 5.32 Å². The van der Waals surface area contributed by atoms with Gasteiger partial charge in [0.05, 0.1) is 12.7 Å². The summed E-state index contributed by atoms with van der Waals surface area (Å²) in [4.78, 5) is 5.02. The molecule has 1 fully saturated rings. The molecule has 0 radical (unpaired) electrons. The first-order valence-electron chi connectivity index (χ1n) is 9.33. The van der Waals surface area contributed by atoms with Crippen molar-refractivity contribution in [3.63, 3.8) is 0 Å². The van der Waals surface area contributed by atoms with E-state index in [-0.39, 0.29) is 6.61 Å². The Morgan fingerprint density at radius 2 is 1.35 bits per heavy atom. The fourth-order valence-corrected chi connectivity index (χ4v) is 3.23. The van der Waals surface area contributed by atoms with Crippen molar-refractivity contribution in [2.45, 2.75) is 19.2 Å². The second kappa shape index (κ2) is 9.69. The van der Waals surface area contributed by atoms with Crippen LogP contribution in [0.4, 0.5) is 5.69 Å². The molecule has 0 spiro atoms. The van der Waals surface area contributed by atoms with Gasteiger partial charge in [0.1, 0.15) is 0 Å². The number of hydrogen-bond donors (Lipinski definition) is 3. The standard InChI is InChI=1S/C21H29N3O2/c25-17-21(26)14-22-20-8-6-19(7-9-20)16-24-12-10-23(11-13-24)15-18-4-2-1-3-5-18/h1-9,21-22,25-26H,10-17H2. The van der Waals surface area contributed by atoms with Crippen LogP contribution in [0.15, 0.2) is 54.6 Å². The van der Waals surface area contributed by atoms with Crippen molar-refractivity contribution in [1.29, 1.82) is 0 Å². The minimum absolute atomic E-state index is 0.221. The van der Waals surface area contributed by atoms with Gasteiger partial charge in [0.2, 0.25) is 0 Å². The first kappa shape index (κ1) is 18.9. The van der Waals surface area contributed by atoms with Gasteiger partial charge in [-0.2, -0.15) is 0 Å². The summed E-state index contributed by atoms with van der Waals surface area (Å²) in [5, 5.41) is 21.3. The van der Waals surface area contributed by atoms with E-state index >= 15 is 0 Å². The normalized spacial score (nSPS) is 17.2. The summed E-state index contributed by atoms with van der Waals surface area (Å²) < 4.78 is 0. The highest BCUT2D eigenvalue weighted by molar-refractivity contribution is 5.44. The summed E-state index contributed by atoms with van der Waals surface area (Å²) in [6, 6.07) is 19.0. The third-order valence-corrected chi connectivity index (χ3v) is 4.83. The molecule has 0 aliphatic carbocycles. The molecule has 1 aliphatic rings. The summed E-state index contributed by atoms with van der Waals surface area (Å²) >= 11 is 0. The number of nitrogens with one attached hydrogen (secondary N) is 1. The SMILES string of the molecule is OCC(O)CNc1ccc(CN2CCN(Cc3ccccc3)CC2)cc1. The summed E-state index contributed by atoms with van der Waals surface area (Å²) in [6.07, 6.45) is -0.721. The van der Waals surface area contributed by atoms with Crippen LogP contribution in [0.2, 0.25) is 0 Å². The first-order chi connectivity index (χ1) is 12.7. The second-order valence-corrected chi connectivity index (χ2v) is 6.95. The van der Waals surface area contributed by atoms with E-state index in [0.29, 0.717) is 6.54 Å². The van der Waals surface area contributed by atoms with E-state index in [1.165, 1.54) is 11.1 Å². The molecule has 3 rings (SSSR count). The highest BCUT2D eigenvalue weighted by atomic mass is 16.3. The van der Waals surface area contributed by atoms with Crippen molar-refractivity contribution in [3.05, 3.63) is 65.7 Å². The summed E-state index contributed by atoms with van der Waals surface area (Å²) in [5.74, 6) is 0. The van der Waals surface area contributed by atoms with Crippen molar-refractivity contribution in [1.82, 2.24) is 9.80 Å². The Morgan fingerprint density at radius 1 is 0.808 bits per heavy atom. The van der Waals surface area contributed by atoms with Gasteiger partial charge in [-0.1, -0.05) is 42.5 Å². The number of nitrogens with zero attached hydrogens (tertiary/aromatic N) is 2. The topological polar surface area (TPSA) is 59.0 Å². The van der Waals surface area contributed by atoms with Crippen LogP contribution in [0, 0.1) is 0 Å². The molecule has 1 saturated heterocycles. The van der Waals surface area contributed by atoms with Crippen LogP contribution in [-0.4, -0.2) is 65.4 Å². The van der Waals surface area contributed by atoms with Crippen LogP contribution in [0.25, 0.3) is 0 Å². The zero-order valence-electron chi connectivity index (χ0n) is 15.2. The third kappa shape index (κ3) is 5.81. The molecule has 0 bridgehead atoms. The molecule has 1 heterocycles. The number of aliphatic hydroxyl groups excluding tert-OH is 2. The Balaban J connectivity index is 1.41.